The van der Waals surface area contributed by atoms with Crippen molar-refractivity contribution in [2.45, 2.75) is 25.8 Å². The van der Waals surface area contributed by atoms with E-state index in [-0.39, 0.29) is 0 Å². The molecule has 1 aromatic carbocycles. The van der Waals surface area contributed by atoms with Gasteiger partial charge in [-0.2, -0.15) is 0 Å². The second kappa shape index (κ2) is 7.19. The minimum atomic E-state index is 0.479. The van der Waals surface area contributed by atoms with Crippen molar-refractivity contribution in [3.8, 4) is 0 Å². The minimum absolute atomic E-state index is 0.479. The van der Waals surface area contributed by atoms with Crippen molar-refractivity contribution >= 4 is 11.4 Å². The third-order valence-corrected chi connectivity index (χ3v) is 3.46. The third kappa shape index (κ3) is 4.28. The Labute approximate surface area is 116 Å². The van der Waals surface area contributed by atoms with Gasteiger partial charge in [-0.15, -0.1) is 6.58 Å². The number of ether oxygens (including phenoxy) is 1. The first kappa shape index (κ1) is 13.9. The summed E-state index contributed by atoms with van der Waals surface area (Å²) in [5, 5.41) is 3.52. The van der Waals surface area contributed by atoms with Gasteiger partial charge in [0, 0.05) is 30.5 Å². The molecule has 0 spiro atoms. The van der Waals surface area contributed by atoms with Crippen LogP contribution in [0.1, 0.15) is 19.8 Å². The third-order valence-electron chi connectivity index (χ3n) is 3.46. The molecule has 1 saturated heterocycles. The van der Waals surface area contributed by atoms with Crippen LogP contribution >= 0.6 is 0 Å². The lowest BCUT2D eigenvalue weighted by molar-refractivity contribution is 0.122. The van der Waals surface area contributed by atoms with Crippen LogP contribution in [-0.2, 0) is 4.74 Å². The Bertz CT molecular complexity index is 382. The average molecular weight is 260 g/mol. The zero-order valence-electron chi connectivity index (χ0n) is 11.8. The van der Waals surface area contributed by atoms with Gasteiger partial charge in [0.15, 0.2) is 0 Å². The Balaban J connectivity index is 1.88. The standard InChI is InChI=1S/C16H24N2O/c1-3-4-5-14(2)17-15-6-8-16(9-7-15)18-10-12-19-13-11-18/h3,6-9,14,17H,1,4-5,10-13H2,2H3. The second-order valence-electron chi connectivity index (χ2n) is 5.06. The van der Waals surface area contributed by atoms with E-state index in [1.165, 1.54) is 11.4 Å². The van der Waals surface area contributed by atoms with Crippen LogP contribution in [0.25, 0.3) is 0 Å². The fourth-order valence-corrected chi connectivity index (χ4v) is 2.31. The van der Waals surface area contributed by atoms with Crippen LogP contribution in [0.15, 0.2) is 36.9 Å². The number of nitrogens with one attached hydrogen (secondary N) is 1. The first-order chi connectivity index (χ1) is 9.29. The fraction of sp³-hybridized carbons (Fsp3) is 0.500. The van der Waals surface area contributed by atoms with Crippen molar-refractivity contribution in [1.82, 2.24) is 0 Å². The summed E-state index contributed by atoms with van der Waals surface area (Å²) in [4.78, 5) is 2.37. The molecule has 0 aromatic heterocycles. The minimum Gasteiger partial charge on any atom is -0.383 e. The topological polar surface area (TPSA) is 24.5 Å². The molecule has 0 aliphatic carbocycles. The highest BCUT2D eigenvalue weighted by molar-refractivity contribution is 5.55. The van der Waals surface area contributed by atoms with E-state index in [9.17, 15) is 0 Å². The van der Waals surface area contributed by atoms with Gasteiger partial charge >= 0.3 is 0 Å². The molecule has 1 aliphatic rings. The van der Waals surface area contributed by atoms with Crippen molar-refractivity contribution in [1.29, 1.82) is 0 Å². The van der Waals surface area contributed by atoms with Gasteiger partial charge in [0.1, 0.15) is 0 Å². The Morgan fingerprint density at radius 3 is 2.63 bits per heavy atom. The number of allylic oxidation sites excluding steroid dienone is 1. The van der Waals surface area contributed by atoms with Gasteiger partial charge in [-0.05, 0) is 44.0 Å². The number of rotatable bonds is 6. The smallest absolute Gasteiger partial charge is 0.0642 e. The SMILES string of the molecule is C=CCCC(C)Nc1ccc(N2CCOCC2)cc1. The molecule has 0 radical (unpaired) electrons. The molecular weight excluding hydrogens is 236 g/mol. The Morgan fingerprint density at radius 2 is 2.00 bits per heavy atom. The van der Waals surface area contributed by atoms with Crippen LogP contribution in [0, 0.1) is 0 Å². The van der Waals surface area contributed by atoms with Crippen molar-refractivity contribution < 1.29 is 4.74 Å². The van der Waals surface area contributed by atoms with Crippen molar-refractivity contribution in [2.75, 3.05) is 36.5 Å². The van der Waals surface area contributed by atoms with E-state index < -0.39 is 0 Å². The zero-order valence-corrected chi connectivity index (χ0v) is 11.8. The Hall–Kier alpha value is -1.48. The maximum atomic E-state index is 5.37. The average Bonchev–Trinajstić information content (AvgIpc) is 2.47. The van der Waals surface area contributed by atoms with E-state index in [0.29, 0.717) is 6.04 Å². The molecule has 104 valence electrons. The summed E-state index contributed by atoms with van der Waals surface area (Å²) in [5.74, 6) is 0. The van der Waals surface area contributed by atoms with E-state index in [1.54, 1.807) is 0 Å². The summed E-state index contributed by atoms with van der Waals surface area (Å²) in [5.41, 5.74) is 2.47. The number of nitrogens with zero attached hydrogens (tertiary/aromatic N) is 1. The van der Waals surface area contributed by atoms with Crippen LogP contribution in [0.5, 0.6) is 0 Å². The highest BCUT2D eigenvalue weighted by Gasteiger charge is 2.10. The van der Waals surface area contributed by atoms with Gasteiger partial charge in [-0.25, -0.2) is 0 Å². The van der Waals surface area contributed by atoms with E-state index in [2.05, 4.69) is 48.0 Å². The number of hydrogen-bond donors (Lipinski definition) is 1. The van der Waals surface area contributed by atoms with Crippen LogP contribution in [0.3, 0.4) is 0 Å². The molecule has 1 aromatic rings. The van der Waals surface area contributed by atoms with E-state index in [1.807, 2.05) is 6.08 Å². The van der Waals surface area contributed by atoms with Gasteiger partial charge < -0.3 is 15.0 Å². The number of benzene rings is 1. The van der Waals surface area contributed by atoms with E-state index in [4.69, 9.17) is 4.74 Å². The first-order valence-corrected chi connectivity index (χ1v) is 7.10. The maximum absolute atomic E-state index is 5.37. The fourth-order valence-electron chi connectivity index (χ4n) is 2.31. The summed E-state index contributed by atoms with van der Waals surface area (Å²) in [6, 6.07) is 9.18. The van der Waals surface area contributed by atoms with Gasteiger partial charge in [0.25, 0.3) is 0 Å². The highest BCUT2D eigenvalue weighted by atomic mass is 16.5. The van der Waals surface area contributed by atoms with Crippen molar-refractivity contribution in [3.05, 3.63) is 36.9 Å². The molecule has 19 heavy (non-hydrogen) atoms. The molecule has 1 fully saturated rings. The first-order valence-electron chi connectivity index (χ1n) is 7.10. The van der Waals surface area contributed by atoms with Crippen LogP contribution in [-0.4, -0.2) is 32.3 Å². The number of hydrogen-bond acceptors (Lipinski definition) is 3. The largest absolute Gasteiger partial charge is 0.383 e. The molecule has 1 atom stereocenters. The van der Waals surface area contributed by atoms with Crippen molar-refractivity contribution in [2.24, 2.45) is 0 Å². The lowest BCUT2D eigenvalue weighted by Gasteiger charge is -2.29. The van der Waals surface area contributed by atoms with Gasteiger partial charge in [0.2, 0.25) is 0 Å². The van der Waals surface area contributed by atoms with Crippen molar-refractivity contribution in [3.63, 3.8) is 0 Å². The molecule has 1 heterocycles. The lowest BCUT2D eigenvalue weighted by Crippen LogP contribution is -2.36. The molecule has 0 amide bonds. The molecule has 3 heteroatoms. The summed E-state index contributed by atoms with van der Waals surface area (Å²) in [7, 11) is 0. The predicted molar refractivity (Wildman–Crippen MR) is 82.0 cm³/mol. The summed E-state index contributed by atoms with van der Waals surface area (Å²) in [6.45, 7) is 9.61. The monoisotopic (exact) mass is 260 g/mol. The summed E-state index contributed by atoms with van der Waals surface area (Å²) >= 11 is 0. The molecule has 1 aliphatic heterocycles. The lowest BCUT2D eigenvalue weighted by atomic mass is 10.1. The summed E-state index contributed by atoms with van der Waals surface area (Å²) < 4.78 is 5.37. The van der Waals surface area contributed by atoms with Gasteiger partial charge in [0.05, 0.1) is 13.2 Å². The summed E-state index contributed by atoms with van der Waals surface area (Å²) in [6.07, 6.45) is 4.15. The molecule has 0 saturated carbocycles. The van der Waals surface area contributed by atoms with E-state index >= 15 is 0 Å². The van der Waals surface area contributed by atoms with Crippen LogP contribution < -0.4 is 10.2 Å². The normalized spacial score (nSPS) is 17.0. The molecule has 2 rings (SSSR count). The van der Waals surface area contributed by atoms with Crippen LogP contribution in [0.2, 0.25) is 0 Å². The molecule has 1 unspecified atom stereocenters. The van der Waals surface area contributed by atoms with Crippen LogP contribution in [0.4, 0.5) is 11.4 Å². The van der Waals surface area contributed by atoms with E-state index in [0.717, 1.165) is 39.1 Å². The Kier molecular flexibility index (Phi) is 5.28. The Morgan fingerprint density at radius 1 is 1.32 bits per heavy atom. The number of morpholine rings is 1. The molecular formula is C16H24N2O. The zero-order chi connectivity index (χ0) is 13.5. The van der Waals surface area contributed by atoms with Gasteiger partial charge in [-0.3, -0.25) is 0 Å². The van der Waals surface area contributed by atoms with Gasteiger partial charge in [-0.1, -0.05) is 6.08 Å². The number of anilines is 2. The quantitative estimate of drug-likeness (QED) is 0.794. The molecule has 1 N–H and O–H groups in total. The highest BCUT2D eigenvalue weighted by Crippen LogP contribution is 2.19. The molecule has 3 nitrogen and oxygen atoms in total. The predicted octanol–water partition coefficient (Wildman–Crippen LogP) is 3.29. The molecule has 0 bridgehead atoms. The maximum Gasteiger partial charge on any atom is 0.0642 e. The second-order valence-corrected chi connectivity index (χ2v) is 5.06.